The summed E-state index contributed by atoms with van der Waals surface area (Å²) in [5.74, 6) is 2.63. The number of hydrogen-bond acceptors (Lipinski definition) is 5. The molecule has 0 aliphatic carbocycles. The molecule has 2 aromatic carbocycles. The van der Waals surface area contributed by atoms with Crippen LogP contribution in [0.5, 0.6) is 23.0 Å². The van der Waals surface area contributed by atoms with E-state index in [1.807, 2.05) is 44.2 Å². The van der Waals surface area contributed by atoms with Crippen molar-refractivity contribution >= 4 is 12.0 Å². The topological polar surface area (TPSA) is 66.0 Å². The number of ether oxygens (including phenoxy) is 4. The number of rotatable bonds is 8. The molecule has 0 fully saturated rings. The van der Waals surface area contributed by atoms with Gasteiger partial charge in [0.1, 0.15) is 17.6 Å². The Morgan fingerprint density at radius 3 is 2.79 bits per heavy atom. The van der Waals surface area contributed by atoms with E-state index in [4.69, 9.17) is 18.9 Å². The number of para-hydroxylation sites is 1. The van der Waals surface area contributed by atoms with Crippen molar-refractivity contribution in [1.82, 2.24) is 5.32 Å². The standard InChI is InChI=1S/C23H27NO5/c1-5-28-20-12-17-11-15(2)29-21(17)13-18(20)14-24-22(25)10-9-16-7-6-8-19(26-3)23(16)27-4/h6-10,12-13,15H,5,11,14H2,1-4H3,(H,24,25)/b10-9+/t15-/m1/s1. The van der Waals surface area contributed by atoms with E-state index in [9.17, 15) is 4.79 Å². The number of methoxy groups -OCH3 is 2. The highest BCUT2D eigenvalue weighted by atomic mass is 16.5. The first-order valence-corrected chi connectivity index (χ1v) is 9.67. The van der Waals surface area contributed by atoms with Crippen LogP contribution in [0.1, 0.15) is 30.5 Å². The molecule has 1 atom stereocenters. The summed E-state index contributed by atoms with van der Waals surface area (Å²) in [7, 11) is 3.15. The molecule has 0 bridgehead atoms. The van der Waals surface area contributed by atoms with E-state index in [2.05, 4.69) is 5.32 Å². The number of carbonyl (C=O) groups is 1. The average molecular weight is 397 g/mol. The van der Waals surface area contributed by atoms with Crippen LogP contribution in [0.3, 0.4) is 0 Å². The van der Waals surface area contributed by atoms with Crippen molar-refractivity contribution in [2.75, 3.05) is 20.8 Å². The molecule has 154 valence electrons. The van der Waals surface area contributed by atoms with E-state index in [1.165, 1.54) is 6.08 Å². The summed E-state index contributed by atoms with van der Waals surface area (Å²) in [5, 5.41) is 2.90. The van der Waals surface area contributed by atoms with Gasteiger partial charge in [-0.1, -0.05) is 12.1 Å². The number of fused-ring (bicyclic) bond motifs is 1. The van der Waals surface area contributed by atoms with Crippen LogP contribution in [0, 0.1) is 0 Å². The van der Waals surface area contributed by atoms with Crippen LogP contribution in [-0.4, -0.2) is 32.8 Å². The van der Waals surface area contributed by atoms with Crippen molar-refractivity contribution in [3.05, 3.63) is 53.1 Å². The van der Waals surface area contributed by atoms with Gasteiger partial charge in [0, 0.05) is 35.7 Å². The van der Waals surface area contributed by atoms with Crippen molar-refractivity contribution < 1.29 is 23.7 Å². The fourth-order valence-corrected chi connectivity index (χ4v) is 3.36. The maximum absolute atomic E-state index is 12.4. The van der Waals surface area contributed by atoms with E-state index in [-0.39, 0.29) is 12.0 Å². The van der Waals surface area contributed by atoms with Crippen molar-refractivity contribution in [3.8, 4) is 23.0 Å². The highest BCUT2D eigenvalue weighted by Crippen LogP contribution is 2.35. The van der Waals surface area contributed by atoms with Crippen LogP contribution in [0.4, 0.5) is 0 Å². The number of carbonyl (C=O) groups excluding carboxylic acids is 1. The molecule has 1 heterocycles. The third-order valence-corrected chi connectivity index (χ3v) is 4.68. The maximum Gasteiger partial charge on any atom is 0.244 e. The van der Waals surface area contributed by atoms with Gasteiger partial charge < -0.3 is 24.3 Å². The Hall–Kier alpha value is -3.15. The second-order valence-corrected chi connectivity index (χ2v) is 6.77. The molecule has 0 saturated carbocycles. The van der Waals surface area contributed by atoms with Crippen LogP contribution >= 0.6 is 0 Å². The normalized spacial score (nSPS) is 15.0. The van der Waals surface area contributed by atoms with Gasteiger partial charge in [-0.3, -0.25) is 4.79 Å². The van der Waals surface area contributed by atoms with Crippen molar-refractivity contribution in [3.63, 3.8) is 0 Å². The van der Waals surface area contributed by atoms with Crippen molar-refractivity contribution in [2.45, 2.75) is 32.9 Å². The number of benzene rings is 2. The van der Waals surface area contributed by atoms with Crippen molar-refractivity contribution in [2.24, 2.45) is 0 Å². The summed E-state index contributed by atoms with van der Waals surface area (Å²) in [4.78, 5) is 12.4. The van der Waals surface area contributed by atoms with E-state index < -0.39 is 0 Å². The monoisotopic (exact) mass is 397 g/mol. The first kappa shape index (κ1) is 20.6. The Morgan fingerprint density at radius 1 is 1.24 bits per heavy atom. The molecule has 0 aromatic heterocycles. The van der Waals surface area contributed by atoms with Gasteiger partial charge in [-0.15, -0.1) is 0 Å². The minimum Gasteiger partial charge on any atom is -0.494 e. The van der Waals surface area contributed by atoms with Gasteiger partial charge in [-0.2, -0.15) is 0 Å². The summed E-state index contributed by atoms with van der Waals surface area (Å²) in [6.45, 7) is 4.89. The van der Waals surface area contributed by atoms with Gasteiger partial charge in [-0.05, 0) is 38.1 Å². The highest BCUT2D eigenvalue weighted by Gasteiger charge is 2.22. The lowest BCUT2D eigenvalue weighted by molar-refractivity contribution is -0.116. The SMILES string of the molecule is CCOc1cc2c(cc1CNC(=O)/C=C/c1cccc(OC)c1OC)O[C@H](C)C2. The summed E-state index contributed by atoms with van der Waals surface area (Å²) < 4.78 is 22.3. The smallest absolute Gasteiger partial charge is 0.244 e. The minimum atomic E-state index is -0.216. The Kier molecular flexibility index (Phi) is 6.65. The number of amides is 1. The lowest BCUT2D eigenvalue weighted by atomic mass is 10.1. The van der Waals surface area contributed by atoms with Gasteiger partial charge in [0.25, 0.3) is 0 Å². The molecule has 6 heteroatoms. The van der Waals surface area contributed by atoms with Crippen LogP contribution < -0.4 is 24.3 Å². The van der Waals surface area contributed by atoms with E-state index in [1.54, 1.807) is 20.3 Å². The zero-order valence-corrected chi connectivity index (χ0v) is 17.3. The van der Waals surface area contributed by atoms with Gasteiger partial charge in [0.15, 0.2) is 11.5 Å². The predicted molar refractivity (Wildman–Crippen MR) is 112 cm³/mol. The summed E-state index contributed by atoms with van der Waals surface area (Å²) >= 11 is 0. The Bertz CT molecular complexity index is 906. The molecule has 1 N–H and O–H groups in total. The lowest BCUT2D eigenvalue weighted by Gasteiger charge is -2.13. The fourth-order valence-electron chi connectivity index (χ4n) is 3.36. The molecule has 0 unspecified atom stereocenters. The third-order valence-electron chi connectivity index (χ3n) is 4.68. The first-order chi connectivity index (χ1) is 14.0. The molecule has 2 aromatic rings. The Labute approximate surface area is 171 Å². The average Bonchev–Trinajstić information content (AvgIpc) is 3.08. The number of hydrogen-bond donors (Lipinski definition) is 1. The molecule has 0 spiro atoms. The first-order valence-electron chi connectivity index (χ1n) is 9.67. The maximum atomic E-state index is 12.4. The number of nitrogens with one attached hydrogen (secondary N) is 1. The van der Waals surface area contributed by atoms with E-state index in [0.717, 1.165) is 34.6 Å². The molecule has 0 radical (unpaired) electrons. The van der Waals surface area contributed by atoms with Gasteiger partial charge in [0.05, 0.1) is 20.8 Å². The second kappa shape index (κ2) is 9.37. The zero-order valence-electron chi connectivity index (χ0n) is 17.3. The zero-order chi connectivity index (χ0) is 20.8. The molecular formula is C23H27NO5. The fraction of sp³-hybridized carbons (Fsp3) is 0.348. The lowest BCUT2D eigenvalue weighted by Crippen LogP contribution is -2.20. The van der Waals surface area contributed by atoms with E-state index >= 15 is 0 Å². The Morgan fingerprint density at radius 2 is 2.07 bits per heavy atom. The molecule has 1 amide bonds. The van der Waals surface area contributed by atoms with Crippen molar-refractivity contribution in [1.29, 1.82) is 0 Å². The van der Waals surface area contributed by atoms with Crippen LogP contribution in [0.15, 0.2) is 36.4 Å². The molecule has 6 nitrogen and oxygen atoms in total. The van der Waals surface area contributed by atoms with E-state index in [0.29, 0.717) is 24.7 Å². The predicted octanol–water partition coefficient (Wildman–Crippen LogP) is 3.76. The molecule has 3 rings (SSSR count). The van der Waals surface area contributed by atoms with Crippen LogP contribution in [0.25, 0.3) is 6.08 Å². The molecule has 1 aliphatic rings. The molecular weight excluding hydrogens is 370 g/mol. The summed E-state index contributed by atoms with van der Waals surface area (Å²) in [5.41, 5.74) is 2.79. The van der Waals surface area contributed by atoms with Crippen LogP contribution in [0.2, 0.25) is 0 Å². The largest absolute Gasteiger partial charge is 0.494 e. The quantitative estimate of drug-likeness (QED) is 0.687. The Balaban J connectivity index is 1.70. The van der Waals surface area contributed by atoms with Gasteiger partial charge in [-0.25, -0.2) is 0 Å². The molecule has 0 saturated heterocycles. The summed E-state index contributed by atoms with van der Waals surface area (Å²) in [6.07, 6.45) is 4.20. The van der Waals surface area contributed by atoms with Gasteiger partial charge in [0.2, 0.25) is 5.91 Å². The second-order valence-electron chi connectivity index (χ2n) is 6.77. The van der Waals surface area contributed by atoms with Crippen LogP contribution in [-0.2, 0) is 17.8 Å². The molecule has 29 heavy (non-hydrogen) atoms. The third kappa shape index (κ3) is 4.83. The summed E-state index contributed by atoms with van der Waals surface area (Å²) in [6, 6.07) is 9.48. The minimum absolute atomic E-state index is 0.157. The van der Waals surface area contributed by atoms with Gasteiger partial charge >= 0.3 is 0 Å². The molecule has 1 aliphatic heterocycles. The highest BCUT2D eigenvalue weighted by molar-refractivity contribution is 5.92.